The Morgan fingerprint density at radius 1 is 1.21 bits per heavy atom. The van der Waals surface area contributed by atoms with Gasteiger partial charge in [-0.15, -0.1) is 0 Å². The second-order valence-electron chi connectivity index (χ2n) is 4.04. The number of nitrogen functional groups attached to an aromatic ring is 1. The van der Waals surface area contributed by atoms with Crippen molar-refractivity contribution in [3.05, 3.63) is 35.9 Å². The average Bonchev–Trinajstić information content (AvgIpc) is 2.39. The summed E-state index contributed by atoms with van der Waals surface area (Å²) in [6, 6.07) is 9.62. The smallest absolute Gasteiger partial charge is 0.226 e. The lowest BCUT2D eigenvalue weighted by molar-refractivity contribution is 0.457. The van der Waals surface area contributed by atoms with Gasteiger partial charge < -0.3 is 15.8 Å². The van der Waals surface area contributed by atoms with Crippen LogP contribution in [0.1, 0.15) is 19.4 Å². The highest BCUT2D eigenvalue weighted by atomic mass is 16.5. The number of para-hydroxylation sites is 1. The second kappa shape index (κ2) is 6.04. The fraction of sp³-hybridized carbons (Fsp3) is 0.286. The number of ether oxygens (including phenoxy) is 1. The first-order valence-corrected chi connectivity index (χ1v) is 6.37. The first kappa shape index (κ1) is 13.1. The molecule has 2 rings (SSSR count). The van der Waals surface area contributed by atoms with Crippen LogP contribution in [0.25, 0.3) is 0 Å². The SMILES string of the molecule is CCNc1cc(Oc2ccccc2CC)nc(N)n1. The first-order chi connectivity index (χ1) is 9.22. The van der Waals surface area contributed by atoms with Gasteiger partial charge in [0.05, 0.1) is 0 Å². The molecule has 5 nitrogen and oxygen atoms in total. The lowest BCUT2D eigenvalue weighted by Crippen LogP contribution is -2.04. The number of aryl methyl sites for hydroxylation is 1. The van der Waals surface area contributed by atoms with Crippen LogP contribution in [0, 0.1) is 0 Å². The maximum atomic E-state index is 5.80. The van der Waals surface area contributed by atoms with Gasteiger partial charge in [0, 0.05) is 12.6 Å². The topological polar surface area (TPSA) is 73.1 Å². The van der Waals surface area contributed by atoms with E-state index in [1.165, 1.54) is 0 Å². The highest BCUT2D eigenvalue weighted by Crippen LogP contribution is 2.25. The summed E-state index contributed by atoms with van der Waals surface area (Å²) in [6.45, 7) is 4.84. The number of benzene rings is 1. The van der Waals surface area contributed by atoms with Crippen LogP contribution in [0.5, 0.6) is 11.6 Å². The van der Waals surface area contributed by atoms with Gasteiger partial charge in [-0.05, 0) is 25.0 Å². The minimum Gasteiger partial charge on any atom is -0.438 e. The van der Waals surface area contributed by atoms with Gasteiger partial charge >= 0.3 is 0 Å². The summed E-state index contributed by atoms with van der Waals surface area (Å²) in [5.41, 5.74) is 6.80. The Morgan fingerprint density at radius 2 is 2.00 bits per heavy atom. The number of hydrogen-bond acceptors (Lipinski definition) is 5. The minimum absolute atomic E-state index is 0.197. The fourth-order valence-electron chi connectivity index (χ4n) is 1.77. The van der Waals surface area contributed by atoms with Gasteiger partial charge in [-0.3, -0.25) is 0 Å². The number of anilines is 2. The normalized spacial score (nSPS) is 10.2. The molecule has 1 aromatic heterocycles. The highest BCUT2D eigenvalue weighted by molar-refractivity contribution is 5.45. The van der Waals surface area contributed by atoms with E-state index in [4.69, 9.17) is 10.5 Å². The van der Waals surface area contributed by atoms with Crippen LogP contribution in [0.4, 0.5) is 11.8 Å². The Balaban J connectivity index is 2.27. The number of rotatable bonds is 5. The van der Waals surface area contributed by atoms with Crippen LogP contribution in [-0.2, 0) is 6.42 Å². The zero-order valence-corrected chi connectivity index (χ0v) is 11.2. The lowest BCUT2D eigenvalue weighted by Gasteiger charge is -2.10. The summed E-state index contributed by atoms with van der Waals surface area (Å²) >= 11 is 0. The molecule has 1 heterocycles. The van der Waals surface area contributed by atoms with Crippen molar-refractivity contribution in [3.63, 3.8) is 0 Å². The quantitative estimate of drug-likeness (QED) is 0.862. The molecule has 0 atom stereocenters. The van der Waals surface area contributed by atoms with Crippen molar-refractivity contribution in [2.75, 3.05) is 17.6 Å². The van der Waals surface area contributed by atoms with Crippen LogP contribution in [0.15, 0.2) is 30.3 Å². The van der Waals surface area contributed by atoms with Crippen LogP contribution in [0.3, 0.4) is 0 Å². The molecule has 5 heteroatoms. The van der Waals surface area contributed by atoms with E-state index in [0.717, 1.165) is 24.3 Å². The zero-order chi connectivity index (χ0) is 13.7. The maximum absolute atomic E-state index is 5.80. The summed E-state index contributed by atoms with van der Waals surface area (Å²) in [6.07, 6.45) is 0.900. The molecule has 0 fully saturated rings. The first-order valence-electron chi connectivity index (χ1n) is 6.37. The third-order valence-electron chi connectivity index (χ3n) is 2.65. The summed E-state index contributed by atoms with van der Waals surface area (Å²) in [7, 11) is 0. The van der Waals surface area contributed by atoms with Crippen LogP contribution >= 0.6 is 0 Å². The molecule has 0 saturated carbocycles. The van der Waals surface area contributed by atoms with Crippen molar-refractivity contribution >= 4 is 11.8 Å². The van der Waals surface area contributed by atoms with Crippen LogP contribution < -0.4 is 15.8 Å². The van der Waals surface area contributed by atoms with E-state index >= 15 is 0 Å². The largest absolute Gasteiger partial charge is 0.438 e. The van der Waals surface area contributed by atoms with Gasteiger partial charge in [0.25, 0.3) is 0 Å². The Bertz CT molecular complexity index is 557. The maximum Gasteiger partial charge on any atom is 0.226 e. The molecule has 0 amide bonds. The van der Waals surface area contributed by atoms with Crippen LogP contribution in [0.2, 0.25) is 0 Å². The van der Waals surface area contributed by atoms with E-state index in [9.17, 15) is 0 Å². The molecule has 0 spiro atoms. The molecule has 0 radical (unpaired) electrons. The third kappa shape index (κ3) is 3.34. The zero-order valence-electron chi connectivity index (χ0n) is 11.2. The van der Waals surface area contributed by atoms with E-state index in [2.05, 4.69) is 22.2 Å². The molecule has 0 aliphatic heterocycles. The Hall–Kier alpha value is -2.30. The molecule has 0 aliphatic rings. The van der Waals surface area contributed by atoms with Gasteiger partial charge in [0.15, 0.2) is 0 Å². The summed E-state index contributed by atoms with van der Waals surface area (Å²) < 4.78 is 5.80. The minimum atomic E-state index is 0.197. The standard InChI is InChI=1S/C14H18N4O/c1-3-10-7-5-6-8-11(10)19-13-9-12(16-4-2)17-14(15)18-13/h5-9H,3-4H2,1-2H3,(H3,15,16,17,18). The van der Waals surface area contributed by atoms with Gasteiger partial charge in [-0.1, -0.05) is 25.1 Å². The van der Waals surface area contributed by atoms with Crippen LogP contribution in [-0.4, -0.2) is 16.5 Å². The third-order valence-corrected chi connectivity index (χ3v) is 2.65. The average molecular weight is 258 g/mol. The van der Waals surface area contributed by atoms with E-state index in [1.54, 1.807) is 6.07 Å². The van der Waals surface area contributed by atoms with Crippen molar-refractivity contribution in [1.29, 1.82) is 0 Å². The second-order valence-corrected chi connectivity index (χ2v) is 4.04. The number of aromatic nitrogens is 2. The molecule has 19 heavy (non-hydrogen) atoms. The Morgan fingerprint density at radius 3 is 2.74 bits per heavy atom. The van der Waals surface area contributed by atoms with Gasteiger partial charge in [-0.25, -0.2) is 0 Å². The van der Waals surface area contributed by atoms with E-state index < -0.39 is 0 Å². The van der Waals surface area contributed by atoms with Gasteiger partial charge in [0.2, 0.25) is 11.8 Å². The number of nitrogens with zero attached hydrogens (tertiary/aromatic N) is 2. The van der Waals surface area contributed by atoms with Crippen molar-refractivity contribution < 1.29 is 4.74 Å². The molecular formula is C14H18N4O. The molecule has 0 bridgehead atoms. The van der Waals surface area contributed by atoms with E-state index in [0.29, 0.717) is 11.7 Å². The Kier molecular flexibility index (Phi) is 4.18. The molecule has 0 saturated heterocycles. The highest BCUT2D eigenvalue weighted by Gasteiger charge is 2.06. The summed E-state index contributed by atoms with van der Waals surface area (Å²) in [4.78, 5) is 8.17. The molecule has 0 aliphatic carbocycles. The predicted octanol–water partition coefficient (Wildman–Crippen LogP) is 2.85. The van der Waals surface area contributed by atoms with Crippen molar-refractivity contribution in [1.82, 2.24) is 9.97 Å². The predicted molar refractivity (Wildman–Crippen MR) is 76.5 cm³/mol. The molecule has 2 aromatic rings. The molecule has 3 N–H and O–H groups in total. The van der Waals surface area contributed by atoms with Gasteiger partial charge in [0.1, 0.15) is 11.6 Å². The van der Waals surface area contributed by atoms with Crippen molar-refractivity contribution in [3.8, 4) is 11.6 Å². The lowest BCUT2D eigenvalue weighted by atomic mass is 10.1. The Labute approximate surface area is 112 Å². The fourth-order valence-corrected chi connectivity index (χ4v) is 1.77. The monoisotopic (exact) mass is 258 g/mol. The molecule has 100 valence electrons. The van der Waals surface area contributed by atoms with Gasteiger partial charge in [-0.2, -0.15) is 9.97 Å². The number of hydrogen-bond donors (Lipinski definition) is 2. The van der Waals surface area contributed by atoms with Crippen molar-refractivity contribution in [2.45, 2.75) is 20.3 Å². The number of nitrogens with one attached hydrogen (secondary N) is 1. The summed E-state index contributed by atoms with van der Waals surface area (Å²) in [5.74, 6) is 2.11. The van der Waals surface area contributed by atoms with E-state index in [-0.39, 0.29) is 5.95 Å². The summed E-state index contributed by atoms with van der Waals surface area (Å²) in [5, 5.41) is 3.09. The van der Waals surface area contributed by atoms with Crippen molar-refractivity contribution in [2.24, 2.45) is 0 Å². The number of nitrogens with two attached hydrogens (primary N) is 1. The van der Waals surface area contributed by atoms with E-state index in [1.807, 2.05) is 31.2 Å². The molecule has 1 aromatic carbocycles. The molecule has 0 unspecified atom stereocenters. The molecular weight excluding hydrogens is 240 g/mol.